The van der Waals surface area contributed by atoms with Gasteiger partial charge in [0.25, 0.3) is 0 Å². The normalized spacial score (nSPS) is 27.2. The first-order chi connectivity index (χ1) is 10.1. The standard InChI is InChI=1S/C18H27NO2/c1-3-7-17(18(20)21)19-16-11-13(2)10-15(12-16)14-8-5-4-6-9-14/h4-6,8-9,13,15-17,19H,3,7,10-12H2,1-2H3,(H,20,21). The second-order valence-electron chi connectivity index (χ2n) is 6.46. The second-order valence-corrected chi connectivity index (χ2v) is 6.46. The van der Waals surface area contributed by atoms with Crippen LogP contribution >= 0.6 is 0 Å². The fourth-order valence-corrected chi connectivity index (χ4v) is 3.59. The lowest BCUT2D eigenvalue weighted by atomic mass is 9.76. The van der Waals surface area contributed by atoms with E-state index >= 15 is 0 Å². The number of nitrogens with one attached hydrogen (secondary N) is 1. The Labute approximate surface area is 127 Å². The molecule has 4 atom stereocenters. The van der Waals surface area contributed by atoms with Gasteiger partial charge in [-0.25, -0.2) is 0 Å². The maximum Gasteiger partial charge on any atom is 0.320 e. The fourth-order valence-electron chi connectivity index (χ4n) is 3.59. The minimum Gasteiger partial charge on any atom is -0.480 e. The highest BCUT2D eigenvalue weighted by atomic mass is 16.4. The first-order valence-corrected chi connectivity index (χ1v) is 8.14. The Morgan fingerprint density at radius 2 is 2.00 bits per heavy atom. The number of rotatable bonds is 6. The highest BCUT2D eigenvalue weighted by molar-refractivity contribution is 5.73. The lowest BCUT2D eigenvalue weighted by Gasteiger charge is -2.35. The van der Waals surface area contributed by atoms with Crippen LogP contribution in [0.4, 0.5) is 0 Å². The number of hydrogen-bond donors (Lipinski definition) is 2. The Morgan fingerprint density at radius 3 is 2.62 bits per heavy atom. The van der Waals surface area contributed by atoms with E-state index in [0.717, 1.165) is 19.3 Å². The SMILES string of the molecule is CCCC(NC1CC(C)CC(c2ccccc2)C1)C(=O)O. The summed E-state index contributed by atoms with van der Waals surface area (Å²) < 4.78 is 0. The summed E-state index contributed by atoms with van der Waals surface area (Å²) in [5.41, 5.74) is 1.39. The van der Waals surface area contributed by atoms with E-state index in [1.807, 2.05) is 13.0 Å². The van der Waals surface area contributed by atoms with Crippen molar-refractivity contribution in [3.63, 3.8) is 0 Å². The van der Waals surface area contributed by atoms with E-state index in [9.17, 15) is 9.90 Å². The van der Waals surface area contributed by atoms with Gasteiger partial charge in [-0.15, -0.1) is 0 Å². The summed E-state index contributed by atoms with van der Waals surface area (Å²) in [6.07, 6.45) is 4.93. The number of aliphatic carboxylic acids is 1. The van der Waals surface area contributed by atoms with Crippen LogP contribution in [-0.2, 0) is 4.79 Å². The molecule has 0 amide bonds. The Morgan fingerprint density at radius 1 is 1.29 bits per heavy atom. The summed E-state index contributed by atoms with van der Waals surface area (Å²) in [7, 11) is 0. The monoisotopic (exact) mass is 289 g/mol. The minimum atomic E-state index is -0.716. The molecule has 0 heterocycles. The van der Waals surface area contributed by atoms with Crippen LogP contribution in [0.2, 0.25) is 0 Å². The third-order valence-corrected chi connectivity index (χ3v) is 4.53. The number of hydrogen-bond acceptors (Lipinski definition) is 2. The quantitative estimate of drug-likeness (QED) is 0.837. The van der Waals surface area contributed by atoms with Gasteiger partial charge in [-0.05, 0) is 43.1 Å². The molecule has 0 saturated heterocycles. The second kappa shape index (κ2) is 7.60. The summed E-state index contributed by atoms with van der Waals surface area (Å²) in [5, 5.41) is 12.7. The summed E-state index contributed by atoms with van der Waals surface area (Å²) in [6, 6.07) is 10.5. The molecule has 1 aromatic carbocycles. The molecule has 0 bridgehead atoms. The van der Waals surface area contributed by atoms with E-state index in [1.165, 1.54) is 12.0 Å². The van der Waals surface area contributed by atoms with Crippen molar-refractivity contribution in [2.75, 3.05) is 0 Å². The van der Waals surface area contributed by atoms with Crippen molar-refractivity contribution in [1.29, 1.82) is 0 Å². The lowest BCUT2D eigenvalue weighted by Crippen LogP contribution is -2.46. The zero-order chi connectivity index (χ0) is 15.2. The Balaban J connectivity index is 2.02. The molecular formula is C18H27NO2. The van der Waals surface area contributed by atoms with Gasteiger partial charge >= 0.3 is 5.97 Å². The van der Waals surface area contributed by atoms with E-state index < -0.39 is 12.0 Å². The molecule has 3 heteroatoms. The van der Waals surface area contributed by atoms with Gasteiger partial charge in [0.1, 0.15) is 6.04 Å². The van der Waals surface area contributed by atoms with Crippen molar-refractivity contribution in [1.82, 2.24) is 5.32 Å². The third kappa shape index (κ3) is 4.57. The summed E-state index contributed by atoms with van der Waals surface area (Å²) >= 11 is 0. The van der Waals surface area contributed by atoms with Crippen LogP contribution in [0.1, 0.15) is 57.4 Å². The van der Waals surface area contributed by atoms with Crippen LogP contribution in [-0.4, -0.2) is 23.2 Å². The van der Waals surface area contributed by atoms with Gasteiger partial charge in [-0.1, -0.05) is 50.6 Å². The average molecular weight is 289 g/mol. The maximum atomic E-state index is 11.3. The molecular weight excluding hydrogens is 262 g/mol. The molecule has 1 fully saturated rings. The molecule has 4 unspecified atom stereocenters. The van der Waals surface area contributed by atoms with Crippen LogP contribution in [0.5, 0.6) is 0 Å². The highest BCUT2D eigenvalue weighted by Gasteiger charge is 2.30. The van der Waals surface area contributed by atoms with Crippen molar-refractivity contribution in [2.45, 2.75) is 64.0 Å². The van der Waals surface area contributed by atoms with Crippen LogP contribution < -0.4 is 5.32 Å². The first-order valence-electron chi connectivity index (χ1n) is 8.14. The van der Waals surface area contributed by atoms with Crippen LogP contribution in [0.15, 0.2) is 30.3 Å². The smallest absolute Gasteiger partial charge is 0.320 e. The van der Waals surface area contributed by atoms with Gasteiger partial charge in [-0.2, -0.15) is 0 Å². The molecule has 1 aliphatic carbocycles. The molecule has 0 aliphatic heterocycles. The Bertz CT molecular complexity index is 446. The molecule has 21 heavy (non-hydrogen) atoms. The third-order valence-electron chi connectivity index (χ3n) is 4.53. The van der Waals surface area contributed by atoms with Crippen molar-refractivity contribution >= 4 is 5.97 Å². The first kappa shape index (κ1) is 16.0. The van der Waals surface area contributed by atoms with Crippen molar-refractivity contribution < 1.29 is 9.90 Å². The van der Waals surface area contributed by atoms with Crippen LogP contribution in [0.25, 0.3) is 0 Å². The topological polar surface area (TPSA) is 49.3 Å². The zero-order valence-corrected chi connectivity index (χ0v) is 13.1. The van der Waals surface area contributed by atoms with Crippen molar-refractivity contribution in [3.8, 4) is 0 Å². The largest absolute Gasteiger partial charge is 0.480 e. The molecule has 0 radical (unpaired) electrons. The number of carbonyl (C=O) groups is 1. The molecule has 2 N–H and O–H groups in total. The highest BCUT2D eigenvalue weighted by Crippen LogP contribution is 2.36. The zero-order valence-electron chi connectivity index (χ0n) is 13.1. The number of carboxylic acid groups (broad SMARTS) is 1. The minimum absolute atomic E-state index is 0.312. The van der Waals surface area contributed by atoms with Gasteiger partial charge in [0.05, 0.1) is 0 Å². The summed E-state index contributed by atoms with van der Waals surface area (Å²) in [4.78, 5) is 11.3. The molecule has 0 spiro atoms. The van der Waals surface area contributed by atoms with E-state index in [-0.39, 0.29) is 0 Å². The van der Waals surface area contributed by atoms with Gasteiger partial charge in [0.15, 0.2) is 0 Å². The van der Waals surface area contributed by atoms with E-state index in [0.29, 0.717) is 24.3 Å². The number of benzene rings is 1. The lowest BCUT2D eigenvalue weighted by molar-refractivity contribution is -0.140. The van der Waals surface area contributed by atoms with Gasteiger partial charge < -0.3 is 10.4 Å². The molecule has 116 valence electrons. The number of carboxylic acids is 1. The average Bonchev–Trinajstić information content (AvgIpc) is 2.47. The fraction of sp³-hybridized carbons (Fsp3) is 0.611. The Hall–Kier alpha value is -1.35. The molecule has 2 rings (SSSR count). The maximum absolute atomic E-state index is 11.3. The van der Waals surface area contributed by atoms with E-state index in [1.54, 1.807) is 0 Å². The van der Waals surface area contributed by atoms with Crippen LogP contribution in [0.3, 0.4) is 0 Å². The van der Waals surface area contributed by atoms with Gasteiger partial charge in [0.2, 0.25) is 0 Å². The van der Waals surface area contributed by atoms with E-state index in [2.05, 4.69) is 36.5 Å². The molecule has 1 aliphatic rings. The summed E-state index contributed by atoms with van der Waals surface area (Å²) in [5.74, 6) is 0.465. The van der Waals surface area contributed by atoms with Crippen molar-refractivity contribution in [2.24, 2.45) is 5.92 Å². The molecule has 3 nitrogen and oxygen atoms in total. The molecule has 0 aromatic heterocycles. The van der Waals surface area contributed by atoms with Gasteiger partial charge in [0, 0.05) is 6.04 Å². The van der Waals surface area contributed by atoms with E-state index in [4.69, 9.17) is 0 Å². The van der Waals surface area contributed by atoms with Crippen molar-refractivity contribution in [3.05, 3.63) is 35.9 Å². The van der Waals surface area contributed by atoms with Gasteiger partial charge in [-0.3, -0.25) is 4.79 Å². The predicted octanol–water partition coefficient (Wildman–Crippen LogP) is 3.80. The van der Waals surface area contributed by atoms with Crippen LogP contribution in [0, 0.1) is 5.92 Å². The molecule has 1 saturated carbocycles. The molecule has 1 aromatic rings. The Kier molecular flexibility index (Phi) is 5.80. The summed E-state index contributed by atoms with van der Waals surface area (Å²) in [6.45, 7) is 4.31. The predicted molar refractivity (Wildman–Crippen MR) is 85.5 cm³/mol.